The minimum absolute atomic E-state index is 0.0624. The van der Waals surface area contributed by atoms with Crippen molar-refractivity contribution in [3.05, 3.63) is 35.9 Å². The lowest BCUT2D eigenvalue weighted by molar-refractivity contribution is -0.172. The van der Waals surface area contributed by atoms with Crippen LogP contribution in [0.5, 0.6) is 0 Å². The number of benzene rings is 1. The van der Waals surface area contributed by atoms with E-state index in [0.717, 1.165) is 0 Å². The summed E-state index contributed by atoms with van der Waals surface area (Å²) in [5.74, 6) is -5.32. The zero-order valence-corrected chi connectivity index (χ0v) is 15.6. The molecule has 0 N–H and O–H groups in total. The zero-order valence-electron chi connectivity index (χ0n) is 13.5. The molecule has 0 fully saturated rings. The first-order valence-corrected chi connectivity index (χ1v) is 9.02. The number of carbonyl (C=O) groups excluding carboxylic acids is 2. The van der Waals surface area contributed by atoms with Crippen LogP contribution in [0, 0.1) is 0 Å². The molecule has 0 saturated heterocycles. The van der Waals surface area contributed by atoms with Crippen LogP contribution in [0.1, 0.15) is 43.0 Å². The van der Waals surface area contributed by atoms with Gasteiger partial charge in [-0.25, -0.2) is 9.59 Å². The van der Waals surface area contributed by atoms with Gasteiger partial charge in [-0.3, -0.25) is 0 Å². The van der Waals surface area contributed by atoms with Gasteiger partial charge in [0.15, 0.2) is 0 Å². The summed E-state index contributed by atoms with van der Waals surface area (Å²) < 4.78 is 36.3. The van der Waals surface area contributed by atoms with Gasteiger partial charge in [0.25, 0.3) is 0 Å². The van der Waals surface area contributed by atoms with E-state index in [1.54, 1.807) is 24.3 Å². The molecule has 7 heteroatoms. The largest absolute Gasteiger partial charge is 0.462 e. The lowest BCUT2D eigenvalue weighted by Crippen LogP contribution is -2.33. The van der Waals surface area contributed by atoms with Crippen LogP contribution in [0.25, 0.3) is 0 Å². The minimum atomic E-state index is -3.46. The molecule has 0 saturated carbocycles. The van der Waals surface area contributed by atoms with E-state index in [-0.39, 0.29) is 17.1 Å². The Morgan fingerprint density at radius 3 is 2.46 bits per heavy atom. The maximum absolute atomic E-state index is 13.6. The predicted octanol–water partition coefficient (Wildman–Crippen LogP) is 4.41. The third-order valence-electron chi connectivity index (χ3n) is 3.21. The third-order valence-corrected chi connectivity index (χ3v) is 4.27. The molecular formula is C17H21F2IO4. The Labute approximate surface area is 154 Å². The molecule has 1 rings (SSSR count). The molecule has 1 unspecified atom stereocenters. The molecule has 0 aliphatic rings. The van der Waals surface area contributed by atoms with Crippen molar-refractivity contribution in [1.29, 1.82) is 0 Å². The van der Waals surface area contributed by atoms with Gasteiger partial charge in [-0.15, -0.1) is 0 Å². The molecule has 134 valence electrons. The topological polar surface area (TPSA) is 52.6 Å². The van der Waals surface area contributed by atoms with Crippen LogP contribution in [-0.4, -0.2) is 35.0 Å². The SMILES string of the molecule is CCOC(=O)C(F)(F)CC(I)CCCCOC(=O)c1ccccc1. The van der Waals surface area contributed by atoms with Gasteiger partial charge in [0.2, 0.25) is 0 Å². The molecule has 0 radical (unpaired) electrons. The highest BCUT2D eigenvalue weighted by atomic mass is 127. The number of halogens is 3. The smallest absolute Gasteiger partial charge is 0.377 e. The number of hydrogen-bond acceptors (Lipinski definition) is 4. The Morgan fingerprint density at radius 1 is 1.17 bits per heavy atom. The fourth-order valence-corrected chi connectivity index (χ4v) is 2.98. The Balaban J connectivity index is 2.20. The van der Waals surface area contributed by atoms with Crippen molar-refractivity contribution in [2.24, 2.45) is 0 Å². The van der Waals surface area contributed by atoms with Crippen molar-refractivity contribution in [3.8, 4) is 0 Å². The van der Waals surface area contributed by atoms with E-state index >= 15 is 0 Å². The van der Waals surface area contributed by atoms with Crippen LogP contribution in [0.4, 0.5) is 8.78 Å². The maximum Gasteiger partial charge on any atom is 0.377 e. The molecule has 0 aliphatic carbocycles. The van der Waals surface area contributed by atoms with Gasteiger partial charge < -0.3 is 9.47 Å². The molecule has 1 aromatic rings. The standard InChI is InChI=1S/C17H21F2IO4/c1-2-23-16(22)17(18,19)12-14(20)10-6-7-11-24-15(21)13-8-4-3-5-9-13/h3-5,8-9,14H,2,6-7,10-12H2,1H3. The molecule has 0 aliphatic heterocycles. The fourth-order valence-electron chi connectivity index (χ4n) is 1.99. The monoisotopic (exact) mass is 454 g/mol. The van der Waals surface area contributed by atoms with Gasteiger partial charge in [0, 0.05) is 10.3 Å². The number of alkyl halides is 3. The molecule has 1 aromatic carbocycles. The lowest BCUT2D eigenvalue weighted by atomic mass is 10.1. The van der Waals surface area contributed by atoms with Crippen LogP contribution in [-0.2, 0) is 14.3 Å². The summed E-state index contributed by atoms with van der Waals surface area (Å²) in [6.07, 6.45) is 1.19. The Morgan fingerprint density at radius 2 is 1.83 bits per heavy atom. The molecule has 0 aromatic heterocycles. The summed E-state index contributed by atoms with van der Waals surface area (Å²) >= 11 is 1.91. The van der Waals surface area contributed by atoms with Crippen molar-refractivity contribution in [2.45, 2.75) is 42.5 Å². The molecule has 0 spiro atoms. The number of hydrogen-bond donors (Lipinski definition) is 0. The maximum atomic E-state index is 13.6. The molecule has 1 atom stereocenters. The number of carbonyl (C=O) groups is 2. The quantitative estimate of drug-likeness (QED) is 0.228. The van der Waals surface area contributed by atoms with Gasteiger partial charge in [-0.1, -0.05) is 40.8 Å². The van der Waals surface area contributed by atoms with E-state index in [1.807, 2.05) is 28.7 Å². The van der Waals surface area contributed by atoms with Crippen LogP contribution >= 0.6 is 22.6 Å². The summed E-state index contributed by atoms with van der Waals surface area (Å²) in [4.78, 5) is 22.8. The Bertz CT molecular complexity index is 523. The highest BCUT2D eigenvalue weighted by molar-refractivity contribution is 14.1. The number of unbranched alkanes of at least 4 members (excludes halogenated alkanes) is 1. The minimum Gasteiger partial charge on any atom is -0.462 e. The Hall–Kier alpha value is -1.25. The molecule has 0 amide bonds. The van der Waals surface area contributed by atoms with Gasteiger partial charge in [0.05, 0.1) is 18.8 Å². The van der Waals surface area contributed by atoms with Gasteiger partial charge in [-0.05, 0) is 38.3 Å². The van der Waals surface area contributed by atoms with Crippen molar-refractivity contribution < 1.29 is 27.8 Å². The molecule has 0 bridgehead atoms. The van der Waals surface area contributed by atoms with E-state index in [1.165, 1.54) is 6.92 Å². The molecule has 0 heterocycles. The highest BCUT2D eigenvalue weighted by Gasteiger charge is 2.41. The zero-order chi connectivity index (χ0) is 18.0. The van der Waals surface area contributed by atoms with Crippen molar-refractivity contribution in [3.63, 3.8) is 0 Å². The summed E-state index contributed by atoms with van der Waals surface area (Å²) in [5, 5.41) is 0. The van der Waals surface area contributed by atoms with Crippen molar-refractivity contribution in [1.82, 2.24) is 0 Å². The van der Waals surface area contributed by atoms with E-state index < -0.39 is 24.3 Å². The summed E-state index contributed by atoms with van der Waals surface area (Å²) in [6, 6.07) is 8.65. The average molecular weight is 454 g/mol. The summed E-state index contributed by atoms with van der Waals surface area (Å²) in [5.41, 5.74) is 0.485. The van der Waals surface area contributed by atoms with E-state index in [2.05, 4.69) is 4.74 Å². The second-order valence-electron chi connectivity index (χ2n) is 5.22. The van der Waals surface area contributed by atoms with E-state index in [9.17, 15) is 18.4 Å². The van der Waals surface area contributed by atoms with Crippen LogP contribution < -0.4 is 0 Å². The number of rotatable bonds is 10. The fraction of sp³-hybridized carbons (Fsp3) is 0.529. The molecule has 4 nitrogen and oxygen atoms in total. The third kappa shape index (κ3) is 7.55. The van der Waals surface area contributed by atoms with Crippen LogP contribution in [0.15, 0.2) is 30.3 Å². The van der Waals surface area contributed by atoms with Crippen molar-refractivity contribution >= 4 is 34.5 Å². The second kappa shape index (κ2) is 10.6. The number of ether oxygens (including phenoxy) is 2. The first-order chi connectivity index (χ1) is 11.4. The normalized spacial score (nSPS) is 12.5. The van der Waals surface area contributed by atoms with Crippen LogP contribution in [0.2, 0.25) is 0 Å². The number of esters is 2. The predicted molar refractivity (Wildman–Crippen MR) is 94.6 cm³/mol. The van der Waals surface area contributed by atoms with Gasteiger partial charge >= 0.3 is 17.9 Å². The van der Waals surface area contributed by atoms with Gasteiger partial charge in [0.1, 0.15) is 0 Å². The first kappa shape index (κ1) is 20.8. The first-order valence-electron chi connectivity index (χ1n) is 7.78. The second-order valence-corrected chi connectivity index (χ2v) is 6.99. The average Bonchev–Trinajstić information content (AvgIpc) is 2.55. The summed E-state index contributed by atoms with van der Waals surface area (Å²) in [7, 11) is 0. The van der Waals surface area contributed by atoms with Crippen LogP contribution in [0.3, 0.4) is 0 Å². The summed E-state index contributed by atoms with van der Waals surface area (Å²) in [6.45, 7) is 1.67. The highest BCUT2D eigenvalue weighted by Crippen LogP contribution is 2.28. The van der Waals surface area contributed by atoms with E-state index in [0.29, 0.717) is 24.8 Å². The molecule has 24 heavy (non-hydrogen) atoms. The van der Waals surface area contributed by atoms with Gasteiger partial charge in [-0.2, -0.15) is 8.78 Å². The van der Waals surface area contributed by atoms with Crippen molar-refractivity contribution in [2.75, 3.05) is 13.2 Å². The Kier molecular flexibility index (Phi) is 9.17. The van der Waals surface area contributed by atoms with E-state index in [4.69, 9.17) is 4.74 Å². The molecular weight excluding hydrogens is 433 g/mol. The lowest BCUT2D eigenvalue weighted by Gasteiger charge is -2.18.